The molecule has 22 heavy (non-hydrogen) atoms. The molecule has 0 heterocycles. The van der Waals surface area contributed by atoms with Crippen LogP contribution in [-0.2, 0) is 29.6 Å². The van der Waals surface area contributed by atoms with Gasteiger partial charge >= 0.3 is 0 Å². The molecule has 0 saturated heterocycles. The third-order valence-corrected chi connectivity index (χ3v) is 3.65. The first-order valence-corrected chi connectivity index (χ1v) is 7.59. The Balaban J connectivity index is 4.80. The molecule has 8 nitrogen and oxygen atoms in total. The summed E-state index contributed by atoms with van der Waals surface area (Å²) in [5.41, 5.74) is 0. The maximum Gasteiger partial charge on any atom is 0.234 e. The Bertz CT molecular complexity index is 262. The van der Waals surface area contributed by atoms with Crippen LogP contribution < -0.4 is 0 Å². The molecule has 0 saturated carbocycles. The molecule has 0 aliphatic carbocycles. The van der Waals surface area contributed by atoms with Crippen molar-refractivity contribution in [3.05, 3.63) is 0 Å². The van der Waals surface area contributed by atoms with E-state index in [0.29, 0.717) is 12.8 Å². The molecule has 0 bridgehead atoms. The first kappa shape index (κ1) is 21.7. The third-order valence-electron chi connectivity index (χ3n) is 3.65. The third kappa shape index (κ3) is 8.35. The topological polar surface area (TPSA) is 95.8 Å². The van der Waals surface area contributed by atoms with Gasteiger partial charge in [0, 0.05) is 12.8 Å². The average Bonchev–Trinajstić information content (AvgIpc) is 2.45. The van der Waals surface area contributed by atoms with Gasteiger partial charge in [0.25, 0.3) is 0 Å². The van der Waals surface area contributed by atoms with Crippen LogP contribution in [0, 0.1) is 11.8 Å². The van der Waals surface area contributed by atoms with Crippen molar-refractivity contribution in [2.45, 2.75) is 78.8 Å². The molecule has 0 amide bonds. The molecule has 0 aliphatic heterocycles. The van der Waals surface area contributed by atoms with Gasteiger partial charge in [-0.15, -0.1) is 0 Å². The second kappa shape index (κ2) is 10.5. The highest BCUT2D eigenvalue weighted by atomic mass is 17.5. The fourth-order valence-electron chi connectivity index (χ4n) is 2.05. The molecule has 0 fully saturated rings. The van der Waals surface area contributed by atoms with E-state index in [-0.39, 0.29) is 11.8 Å². The van der Waals surface area contributed by atoms with Crippen molar-refractivity contribution in [1.82, 2.24) is 0 Å². The molecule has 2 N–H and O–H groups in total. The Morgan fingerprint density at radius 3 is 1.27 bits per heavy atom. The van der Waals surface area contributed by atoms with Crippen LogP contribution in [0.1, 0.15) is 67.2 Å². The Labute approximate surface area is 131 Å². The lowest BCUT2D eigenvalue weighted by Crippen LogP contribution is -2.41. The summed E-state index contributed by atoms with van der Waals surface area (Å²) in [7, 11) is 0. The monoisotopic (exact) mass is 326 g/mol. The Morgan fingerprint density at radius 1 is 0.727 bits per heavy atom. The molecular formula is C14H30O8. The first-order valence-electron chi connectivity index (χ1n) is 7.59. The predicted octanol–water partition coefficient (Wildman–Crippen LogP) is 4.08. The van der Waals surface area contributed by atoms with Crippen LogP contribution >= 0.6 is 0 Å². The van der Waals surface area contributed by atoms with Gasteiger partial charge in [-0.2, -0.15) is 19.6 Å². The normalized spacial score (nSPS) is 20.2. The molecule has 134 valence electrons. The average molecular weight is 326 g/mol. The standard InChI is InChI=1S/C14H30O8/c1-7-11(3)9-13(5,19-21-15)17-18-14(6,20-22-16)10-12(4)8-2/h11-12,15-16H,7-10H2,1-6H3. The molecule has 4 unspecified atom stereocenters. The quantitative estimate of drug-likeness (QED) is 0.297. The highest BCUT2D eigenvalue weighted by molar-refractivity contribution is 4.67. The summed E-state index contributed by atoms with van der Waals surface area (Å²) in [6.07, 6.45) is 2.58. The zero-order chi connectivity index (χ0) is 17.2. The second-order valence-electron chi connectivity index (χ2n) is 6.19. The van der Waals surface area contributed by atoms with Crippen molar-refractivity contribution in [3.63, 3.8) is 0 Å². The molecule has 0 aromatic carbocycles. The Hall–Kier alpha value is -0.320. The minimum absolute atomic E-state index is 0.236. The van der Waals surface area contributed by atoms with Gasteiger partial charge in [0.2, 0.25) is 11.6 Å². The summed E-state index contributed by atoms with van der Waals surface area (Å²) < 4.78 is 0. The lowest BCUT2D eigenvalue weighted by molar-refractivity contribution is -0.639. The predicted molar refractivity (Wildman–Crippen MR) is 76.7 cm³/mol. The minimum atomic E-state index is -1.35. The lowest BCUT2D eigenvalue weighted by atomic mass is 9.99. The summed E-state index contributed by atoms with van der Waals surface area (Å²) in [5.74, 6) is -2.22. The van der Waals surface area contributed by atoms with Crippen molar-refractivity contribution in [1.29, 1.82) is 0 Å². The fourth-order valence-corrected chi connectivity index (χ4v) is 2.05. The first-order chi connectivity index (χ1) is 10.2. The number of hydrogen-bond donors (Lipinski definition) is 2. The molecule has 0 rings (SSSR count). The van der Waals surface area contributed by atoms with Crippen LogP contribution in [0.15, 0.2) is 0 Å². The minimum Gasteiger partial charge on any atom is -0.221 e. The van der Waals surface area contributed by atoms with E-state index >= 15 is 0 Å². The maximum atomic E-state index is 8.55. The van der Waals surface area contributed by atoms with Crippen molar-refractivity contribution < 1.29 is 40.1 Å². The van der Waals surface area contributed by atoms with Crippen LogP contribution in [0.3, 0.4) is 0 Å². The van der Waals surface area contributed by atoms with Crippen LogP contribution in [-0.4, -0.2) is 22.1 Å². The van der Waals surface area contributed by atoms with E-state index in [2.05, 4.69) is 10.1 Å². The summed E-state index contributed by atoms with van der Waals surface area (Å²) >= 11 is 0. The highest BCUT2D eigenvalue weighted by Crippen LogP contribution is 2.30. The van der Waals surface area contributed by atoms with Crippen LogP contribution in [0.5, 0.6) is 0 Å². The van der Waals surface area contributed by atoms with Crippen molar-refractivity contribution in [3.8, 4) is 0 Å². The Kier molecular flexibility index (Phi) is 10.3. The number of rotatable bonds is 13. The van der Waals surface area contributed by atoms with Crippen LogP contribution in [0.2, 0.25) is 0 Å². The second-order valence-corrected chi connectivity index (χ2v) is 6.19. The molecular weight excluding hydrogens is 296 g/mol. The van der Waals surface area contributed by atoms with Gasteiger partial charge in [-0.1, -0.05) is 50.6 Å². The van der Waals surface area contributed by atoms with E-state index < -0.39 is 11.6 Å². The van der Waals surface area contributed by atoms with Gasteiger partial charge in [0.05, 0.1) is 0 Å². The smallest absolute Gasteiger partial charge is 0.221 e. The van der Waals surface area contributed by atoms with E-state index in [1.807, 2.05) is 27.7 Å². The van der Waals surface area contributed by atoms with Gasteiger partial charge < -0.3 is 0 Å². The van der Waals surface area contributed by atoms with E-state index in [4.69, 9.17) is 30.1 Å². The zero-order valence-corrected chi connectivity index (χ0v) is 14.3. The molecule has 0 radical (unpaired) electrons. The molecule has 0 aliphatic rings. The molecule has 0 spiro atoms. The van der Waals surface area contributed by atoms with Gasteiger partial charge in [-0.05, 0) is 25.7 Å². The van der Waals surface area contributed by atoms with Crippen molar-refractivity contribution >= 4 is 0 Å². The molecule has 0 aromatic heterocycles. The van der Waals surface area contributed by atoms with E-state index in [1.54, 1.807) is 13.8 Å². The van der Waals surface area contributed by atoms with Gasteiger partial charge in [-0.3, -0.25) is 0 Å². The Morgan fingerprint density at radius 2 is 1.05 bits per heavy atom. The maximum absolute atomic E-state index is 8.55. The van der Waals surface area contributed by atoms with Gasteiger partial charge in [0.15, 0.2) is 0 Å². The van der Waals surface area contributed by atoms with Crippen LogP contribution in [0.25, 0.3) is 0 Å². The lowest BCUT2D eigenvalue weighted by Gasteiger charge is -2.33. The fraction of sp³-hybridized carbons (Fsp3) is 1.00. The summed E-state index contributed by atoms with van der Waals surface area (Å²) in [5, 5.41) is 24.6. The van der Waals surface area contributed by atoms with E-state index in [0.717, 1.165) is 12.8 Å². The summed E-state index contributed by atoms with van der Waals surface area (Å²) in [6.45, 7) is 11.1. The molecule has 0 aromatic rings. The summed E-state index contributed by atoms with van der Waals surface area (Å²) in [6, 6.07) is 0. The summed E-state index contributed by atoms with van der Waals surface area (Å²) in [4.78, 5) is 20.1. The van der Waals surface area contributed by atoms with Gasteiger partial charge in [0.1, 0.15) is 0 Å². The van der Waals surface area contributed by atoms with E-state index in [1.165, 1.54) is 0 Å². The SMILES string of the molecule is CCC(C)CC(C)(OOO)OOC(C)(CC(C)CC)OOO. The van der Waals surface area contributed by atoms with Crippen molar-refractivity contribution in [2.24, 2.45) is 11.8 Å². The largest absolute Gasteiger partial charge is 0.234 e. The molecule has 8 heteroatoms. The molecule has 4 atom stereocenters. The van der Waals surface area contributed by atoms with Crippen molar-refractivity contribution in [2.75, 3.05) is 0 Å². The van der Waals surface area contributed by atoms with Crippen LogP contribution in [0.4, 0.5) is 0 Å². The highest BCUT2D eigenvalue weighted by Gasteiger charge is 2.38. The number of hydrogen-bond acceptors (Lipinski definition) is 8. The van der Waals surface area contributed by atoms with Gasteiger partial charge in [-0.25, -0.2) is 10.5 Å². The van der Waals surface area contributed by atoms with E-state index in [9.17, 15) is 0 Å². The zero-order valence-electron chi connectivity index (χ0n) is 14.3.